The summed E-state index contributed by atoms with van der Waals surface area (Å²) in [4.78, 5) is 20.7. The first kappa shape index (κ1) is 16.8. The van der Waals surface area contributed by atoms with Gasteiger partial charge in [-0.1, -0.05) is 54.2 Å². The molecule has 28 heavy (non-hydrogen) atoms. The maximum absolute atomic E-state index is 5.89. The molecule has 138 valence electrons. The zero-order chi connectivity index (χ0) is 18.9. The molecule has 3 heterocycles. The van der Waals surface area contributed by atoms with Gasteiger partial charge in [0.1, 0.15) is 17.7 Å². The Hall–Kier alpha value is -3.39. The van der Waals surface area contributed by atoms with Gasteiger partial charge in [-0.3, -0.25) is 0 Å². The largest absolute Gasteiger partial charge is 0.382 e. The van der Waals surface area contributed by atoms with E-state index in [-0.39, 0.29) is 0 Å². The quantitative estimate of drug-likeness (QED) is 0.447. The topological polar surface area (TPSA) is 98.3 Å². The van der Waals surface area contributed by atoms with Crippen LogP contribution in [0.25, 0.3) is 22.2 Å². The van der Waals surface area contributed by atoms with Gasteiger partial charge in [-0.2, -0.15) is 0 Å². The van der Waals surface area contributed by atoms with Gasteiger partial charge in [0.15, 0.2) is 16.6 Å². The predicted octanol–water partition coefficient (Wildman–Crippen LogP) is 3.63. The molecule has 0 radical (unpaired) electrons. The molecule has 0 bridgehead atoms. The Morgan fingerprint density at radius 3 is 2.64 bits per heavy atom. The Balaban J connectivity index is 1.47. The summed E-state index contributed by atoms with van der Waals surface area (Å²) in [5.41, 5.74) is 10.5. The molecule has 0 saturated heterocycles. The molecule has 7 nitrogen and oxygen atoms in total. The normalized spacial score (nSPS) is 11.4. The molecule has 0 unspecified atom stereocenters. The molecule has 0 atom stereocenters. The lowest BCUT2D eigenvalue weighted by Gasteiger charge is -2.09. The van der Waals surface area contributed by atoms with Gasteiger partial charge in [0.2, 0.25) is 0 Å². The second kappa shape index (κ2) is 6.97. The third kappa shape index (κ3) is 3.07. The Kier molecular flexibility index (Phi) is 4.17. The summed E-state index contributed by atoms with van der Waals surface area (Å²) in [6.07, 6.45) is 1.42. The lowest BCUT2D eigenvalue weighted by molar-refractivity contribution is 0.779. The highest BCUT2D eigenvalue weighted by Gasteiger charge is 2.13. The van der Waals surface area contributed by atoms with E-state index < -0.39 is 0 Å². The third-order valence-electron chi connectivity index (χ3n) is 4.55. The van der Waals surface area contributed by atoms with Crippen molar-refractivity contribution >= 4 is 39.8 Å². The molecule has 0 aliphatic carbocycles. The van der Waals surface area contributed by atoms with E-state index in [1.807, 2.05) is 24.3 Å². The van der Waals surface area contributed by atoms with Crippen molar-refractivity contribution in [3.05, 3.63) is 72.3 Å². The number of hydrogen-bond donors (Lipinski definition) is 2. The number of thioether (sulfide) groups is 1. The van der Waals surface area contributed by atoms with Gasteiger partial charge in [-0.05, 0) is 17.7 Å². The SMILES string of the molecule is Nc1ncnc2nc(SCc3nc4ccccc4n3Cc3ccccc3)[nH]c12. The fraction of sp³-hybridized carbons (Fsp3) is 0.100. The Labute approximate surface area is 165 Å². The van der Waals surface area contributed by atoms with Gasteiger partial charge in [-0.15, -0.1) is 0 Å². The number of nitrogens with zero attached hydrogens (tertiary/aromatic N) is 5. The lowest BCUT2D eigenvalue weighted by atomic mass is 10.2. The fourth-order valence-electron chi connectivity index (χ4n) is 3.20. The average Bonchev–Trinajstić information content (AvgIpc) is 3.30. The summed E-state index contributed by atoms with van der Waals surface area (Å²) < 4.78 is 2.26. The van der Waals surface area contributed by atoms with Crippen molar-refractivity contribution in [2.24, 2.45) is 0 Å². The fourth-order valence-corrected chi connectivity index (χ4v) is 4.02. The average molecular weight is 387 g/mol. The molecule has 0 fully saturated rings. The van der Waals surface area contributed by atoms with Gasteiger partial charge in [0, 0.05) is 6.54 Å². The Morgan fingerprint density at radius 2 is 1.79 bits per heavy atom. The van der Waals surface area contributed by atoms with Gasteiger partial charge >= 0.3 is 0 Å². The monoisotopic (exact) mass is 387 g/mol. The van der Waals surface area contributed by atoms with Gasteiger partial charge in [0.05, 0.1) is 16.8 Å². The van der Waals surface area contributed by atoms with Crippen molar-refractivity contribution in [1.82, 2.24) is 29.5 Å². The van der Waals surface area contributed by atoms with Crippen molar-refractivity contribution in [3.63, 3.8) is 0 Å². The number of rotatable bonds is 5. The molecule has 0 spiro atoms. The van der Waals surface area contributed by atoms with Crippen LogP contribution in [0.5, 0.6) is 0 Å². The van der Waals surface area contributed by atoms with Crippen LogP contribution < -0.4 is 5.73 Å². The van der Waals surface area contributed by atoms with Crippen LogP contribution >= 0.6 is 11.8 Å². The zero-order valence-corrected chi connectivity index (χ0v) is 15.7. The predicted molar refractivity (Wildman–Crippen MR) is 111 cm³/mol. The number of benzene rings is 2. The van der Waals surface area contributed by atoms with E-state index in [4.69, 9.17) is 10.7 Å². The summed E-state index contributed by atoms with van der Waals surface area (Å²) in [6.45, 7) is 0.774. The number of aromatic amines is 1. The highest BCUT2D eigenvalue weighted by Crippen LogP contribution is 2.26. The summed E-state index contributed by atoms with van der Waals surface area (Å²) in [6, 6.07) is 18.6. The number of anilines is 1. The standard InChI is InChI=1S/C20H17N7S/c21-18-17-19(23-12-22-18)26-20(25-17)28-11-16-24-14-8-4-5-9-15(14)27(16)10-13-6-2-1-3-7-13/h1-9,12H,10-11H2,(H3,21,22,23,25,26). The van der Waals surface area contributed by atoms with Crippen molar-refractivity contribution in [2.45, 2.75) is 17.5 Å². The summed E-state index contributed by atoms with van der Waals surface area (Å²) >= 11 is 1.57. The van der Waals surface area contributed by atoms with Crippen molar-refractivity contribution in [3.8, 4) is 0 Å². The smallest absolute Gasteiger partial charge is 0.183 e. The second-order valence-electron chi connectivity index (χ2n) is 6.38. The number of fused-ring (bicyclic) bond motifs is 2. The van der Waals surface area contributed by atoms with E-state index in [0.29, 0.717) is 22.7 Å². The summed E-state index contributed by atoms with van der Waals surface area (Å²) in [5, 5.41) is 0.750. The minimum atomic E-state index is 0.403. The molecule has 0 aliphatic heterocycles. The third-order valence-corrected chi connectivity index (χ3v) is 5.42. The van der Waals surface area contributed by atoms with Crippen LogP contribution in [0.15, 0.2) is 66.1 Å². The number of imidazole rings is 2. The van der Waals surface area contributed by atoms with E-state index >= 15 is 0 Å². The molecular formula is C20H17N7S. The first-order valence-electron chi connectivity index (χ1n) is 8.85. The molecule has 0 aliphatic rings. The zero-order valence-electron chi connectivity index (χ0n) is 14.9. The van der Waals surface area contributed by atoms with Crippen LogP contribution in [0.4, 0.5) is 5.82 Å². The van der Waals surface area contributed by atoms with Crippen LogP contribution in [0.2, 0.25) is 0 Å². The minimum Gasteiger partial charge on any atom is -0.382 e. The van der Waals surface area contributed by atoms with Crippen molar-refractivity contribution < 1.29 is 0 Å². The van der Waals surface area contributed by atoms with E-state index in [1.165, 1.54) is 11.9 Å². The molecule has 5 rings (SSSR count). The lowest BCUT2D eigenvalue weighted by Crippen LogP contribution is -2.04. The molecule has 8 heteroatoms. The highest BCUT2D eigenvalue weighted by molar-refractivity contribution is 7.98. The number of nitrogens with two attached hydrogens (primary N) is 1. The molecule has 5 aromatic rings. The number of nitrogen functional groups attached to an aromatic ring is 1. The van der Waals surface area contributed by atoms with Crippen LogP contribution in [0.1, 0.15) is 11.4 Å². The van der Waals surface area contributed by atoms with Gasteiger partial charge in [0.25, 0.3) is 0 Å². The first-order valence-corrected chi connectivity index (χ1v) is 9.83. The molecule has 3 N–H and O–H groups in total. The maximum Gasteiger partial charge on any atom is 0.183 e. The minimum absolute atomic E-state index is 0.403. The summed E-state index contributed by atoms with van der Waals surface area (Å²) in [7, 11) is 0. The molecule has 0 amide bonds. The molecule has 3 aromatic heterocycles. The van der Waals surface area contributed by atoms with E-state index in [9.17, 15) is 0 Å². The van der Waals surface area contributed by atoms with Gasteiger partial charge < -0.3 is 15.3 Å². The van der Waals surface area contributed by atoms with Crippen LogP contribution in [-0.2, 0) is 12.3 Å². The molecule has 2 aromatic carbocycles. The molecular weight excluding hydrogens is 370 g/mol. The number of H-pyrrole nitrogens is 1. The number of nitrogens with one attached hydrogen (secondary N) is 1. The summed E-state index contributed by atoms with van der Waals surface area (Å²) in [5.74, 6) is 2.07. The number of aromatic nitrogens is 6. The van der Waals surface area contributed by atoms with E-state index in [2.05, 4.69) is 54.8 Å². The Bertz CT molecular complexity index is 1260. The van der Waals surface area contributed by atoms with Crippen LogP contribution in [0.3, 0.4) is 0 Å². The van der Waals surface area contributed by atoms with E-state index in [1.54, 1.807) is 11.8 Å². The Morgan fingerprint density at radius 1 is 0.964 bits per heavy atom. The maximum atomic E-state index is 5.89. The van der Waals surface area contributed by atoms with E-state index in [0.717, 1.165) is 28.6 Å². The van der Waals surface area contributed by atoms with Crippen LogP contribution in [0, 0.1) is 0 Å². The first-order chi connectivity index (χ1) is 13.8. The highest BCUT2D eigenvalue weighted by atomic mass is 32.2. The van der Waals surface area contributed by atoms with Crippen molar-refractivity contribution in [1.29, 1.82) is 0 Å². The second-order valence-corrected chi connectivity index (χ2v) is 7.34. The van der Waals surface area contributed by atoms with Crippen LogP contribution in [-0.4, -0.2) is 29.5 Å². The van der Waals surface area contributed by atoms with Gasteiger partial charge in [-0.25, -0.2) is 19.9 Å². The van der Waals surface area contributed by atoms with Crippen molar-refractivity contribution in [2.75, 3.05) is 5.73 Å². The number of hydrogen-bond acceptors (Lipinski definition) is 6. The molecule has 0 saturated carbocycles. The number of para-hydroxylation sites is 2.